The largest absolute Gasteiger partial charge is 0.497 e. The summed E-state index contributed by atoms with van der Waals surface area (Å²) in [6.07, 6.45) is 0. The lowest BCUT2D eigenvalue weighted by atomic mass is 9.98. The molecule has 0 spiro atoms. The van der Waals surface area contributed by atoms with Gasteiger partial charge >= 0.3 is 0 Å². The van der Waals surface area contributed by atoms with E-state index in [0.717, 1.165) is 28.3 Å². The van der Waals surface area contributed by atoms with Crippen LogP contribution in [0.3, 0.4) is 0 Å². The fourth-order valence-electron chi connectivity index (χ4n) is 3.13. The highest BCUT2D eigenvalue weighted by molar-refractivity contribution is 5.82. The molecule has 6 nitrogen and oxygen atoms in total. The van der Waals surface area contributed by atoms with Gasteiger partial charge in [-0.15, -0.1) is 0 Å². The number of methoxy groups -OCH3 is 3. The Morgan fingerprint density at radius 3 is 1.80 bits per heavy atom. The van der Waals surface area contributed by atoms with Gasteiger partial charge < -0.3 is 24.8 Å². The van der Waals surface area contributed by atoms with Crippen molar-refractivity contribution in [3.05, 3.63) is 83.9 Å². The van der Waals surface area contributed by atoms with Crippen molar-refractivity contribution in [2.24, 2.45) is 0 Å². The number of carbonyl (C=O) groups is 1. The van der Waals surface area contributed by atoms with Crippen molar-refractivity contribution in [2.75, 3.05) is 33.2 Å². The van der Waals surface area contributed by atoms with E-state index in [-0.39, 0.29) is 18.5 Å². The minimum Gasteiger partial charge on any atom is -0.497 e. The van der Waals surface area contributed by atoms with Gasteiger partial charge in [-0.25, -0.2) is 0 Å². The Kier molecular flexibility index (Phi) is 7.16. The molecule has 156 valence electrons. The van der Waals surface area contributed by atoms with Crippen molar-refractivity contribution in [3.63, 3.8) is 0 Å². The molecular formula is C24H26N2O4. The fraction of sp³-hybridized carbons (Fsp3) is 0.208. The number of anilines is 1. The third kappa shape index (κ3) is 5.23. The molecule has 0 aromatic heterocycles. The number of carbonyl (C=O) groups excluding carboxylic acids is 1. The van der Waals surface area contributed by atoms with Crippen LogP contribution in [0.25, 0.3) is 0 Å². The molecule has 0 radical (unpaired) electrons. The van der Waals surface area contributed by atoms with Crippen molar-refractivity contribution >= 4 is 11.6 Å². The van der Waals surface area contributed by atoms with Crippen LogP contribution >= 0.6 is 0 Å². The zero-order chi connectivity index (χ0) is 21.3. The van der Waals surface area contributed by atoms with Crippen LogP contribution in [0.2, 0.25) is 0 Å². The highest BCUT2D eigenvalue weighted by Crippen LogP contribution is 2.26. The molecule has 0 bridgehead atoms. The lowest BCUT2D eigenvalue weighted by molar-refractivity contribution is -0.119. The molecule has 2 N–H and O–H groups in total. The second-order valence-corrected chi connectivity index (χ2v) is 6.60. The first-order chi connectivity index (χ1) is 14.6. The van der Waals surface area contributed by atoms with E-state index in [1.807, 2.05) is 72.8 Å². The van der Waals surface area contributed by atoms with Crippen LogP contribution in [0.4, 0.5) is 5.69 Å². The lowest BCUT2D eigenvalue weighted by Crippen LogP contribution is -2.34. The number of nitrogens with one attached hydrogen (secondary N) is 2. The Morgan fingerprint density at radius 1 is 0.767 bits per heavy atom. The quantitative estimate of drug-likeness (QED) is 0.562. The maximum Gasteiger partial charge on any atom is 0.240 e. The summed E-state index contributed by atoms with van der Waals surface area (Å²) in [6.45, 7) is 0.114. The van der Waals surface area contributed by atoms with E-state index < -0.39 is 0 Å². The molecule has 0 fully saturated rings. The van der Waals surface area contributed by atoms with Crippen LogP contribution in [-0.4, -0.2) is 33.8 Å². The van der Waals surface area contributed by atoms with E-state index in [9.17, 15) is 4.79 Å². The lowest BCUT2D eigenvalue weighted by Gasteiger charge is -2.21. The molecule has 0 aliphatic rings. The van der Waals surface area contributed by atoms with E-state index in [2.05, 4.69) is 10.6 Å². The standard InChI is InChI=1S/C24H26N2O4/c1-28-19-12-8-17(9-13-19)24(18-10-14-20(29-2)15-11-18)26-23(27)16-25-21-6-4-5-7-22(21)30-3/h4-15,24-25H,16H2,1-3H3,(H,26,27). The van der Waals surface area contributed by atoms with E-state index in [0.29, 0.717) is 5.75 Å². The second-order valence-electron chi connectivity index (χ2n) is 6.60. The zero-order valence-corrected chi connectivity index (χ0v) is 17.3. The van der Waals surface area contributed by atoms with Gasteiger partial charge in [0.1, 0.15) is 17.2 Å². The van der Waals surface area contributed by atoms with Crippen LogP contribution in [0.5, 0.6) is 17.2 Å². The summed E-state index contributed by atoms with van der Waals surface area (Å²) in [4.78, 5) is 12.8. The molecule has 6 heteroatoms. The van der Waals surface area contributed by atoms with Crippen molar-refractivity contribution in [3.8, 4) is 17.2 Å². The molecule has 3 aromatic carbocycles. The summed E-state index contributed by atoms with van der Waals surface area (Å²) < 4.78 is 15.8. The van der Waals surface area contributed by atoms with Gasteiger partial charge in [-0.2, -0.15) is 0 Å². The predicted octanol–water partition coefficient (Wildman–Crippen LogP) is 4.03. The average Bonchev–Trinajstić information content (AvgIpc) is 2.81. The monoisotopic (exact) mass is 406 g/mol. The molecule has 1 amide bonds. The number of amides is 1. The minimum atomic E-state index is -0.311. The van der Waals surface area contributed by atoms with Crippen LogP contribution < -0.4 is 24.8 Å². The Labute approximate surface area is 176 Å². The Hall–Kier alpha value is -3.67. The van der Waals surface area contributed by atoms with Crippen molar-refractivity contribution in [1.29, 1.82) is 0 Å². The topological polar surface area (TPSA) is 68.8 Å². The van der Waals surface area contributed by atoms with Gasteiger partial charge in [-0.1, -0.05) is 36.4 Å². The highest BCUT2D eigenvalue weighted by atomic mass is 16.5. The van der Waals surface area contributed by atoms with Crippen LogP contribution in [0, 0.1) is 0 Å². The van der Waals surface area contributed by atoms with Gasteiger partial charge in [0, 0.05) is 0 Å². The number of hydrogen-bond donors (Lipinski definition) is 2. The summed E-state index contributed by atoms with van der Waals surface area (Å²) in [6, 6.07) is 22.5. The Morgan fingerprint density at radius 2 is 1.30 bits per heavy atom. The number of ether oxygens (including phenoxy) is 3. The first kappa shape index (κ1) is 21.0. The first-order valence-electron chi connectivity index (χ1n) is 9.58. The first-order valence-corrected chi connectivity index (χ1v) is 9.58. The van der Waals surface area contributed by atoms with Gasteiger partial charge in [-0.05, 0) is 47.5 Å². The maximum atomic E-state index is 12.8. The van der Waals surface area contributed by atoms with E-state index >= 15 is 0 Å². The Bertz CT molecular complexity index is 908. The normalized spacial score (nSPS) is 10.4. The number of para-hydroxylation sites is 2. The third-order valence-corrected chi connectivity index (χ3v) is 4.75. The van der Waals surface area contributed by atoms with Gasteiger partial charge in [0.2, 0.25) is 5.91 Å². The maximum absolute atomic E-state index is 12.8. The number of rotatable bonds is 9. The van der Waals surface area contributed by atoms with Crippen molar-refractivity contribution < 1.29 is 19.0 Å². The summed E-state index contributed by atoms with van der Waals surface area (Å²) in [5, 5.41) is 6.24. The highest BCUT2D eigenvalue weighted by Gasteiger charge is 2.17. The van der Waals surface area contributed by atoms with Gasteiger partial charge in [0.05, 0.1) is 39.6 Å². The van der Waals surface area contributed by atoms with Gasteiger partial charge in [0.25, 0.3) is 0 Å². The van der Waals surface area contributed by atoms with Crippen LogP contribution in [0.15, 0.2) is 72.8 Å². The minimum absolute atomic E-state index is 0.114. The predicted molar refractivity (Wildman–Crippen MR) is 117 cm³/mol. The second kappa shape index (κ2) is 10.2. The summed E-state index contributed by atoms with van der Waals surface area (Å²) in [5.74, 6) is 2.07. The van der Waals surface area contributed by atoms with E-state index in [1.54, 1.807) is 21.3 Å². The van der Waals surface area contributed by atoms with Gasteiger partial charge in [-0.3, -0.25) is 4.79 Å². The molecule has 30 heavy (non-hydrogen) atoms. The molecule has 3 rings (SSSR count). The molecule has 0 saturated carbocycles. The molecule has 3 aromatic rings. The average molecular weight is 406 g/mol. The molecular weight excluding hydrogens is 380 g/mol. The SMILES string of the molecule is COc1ccc(C(NC(=O)CNc2ccccc2OC)c2ccc(OC)cc2)cc1. The molecule has 0 saturated heterocycles. The van der Waals surface area contributed by atoms with Crippen molar-refractivity contribution in [2.45, 2.75) is 6.04 Å². The van der Waals surface area contributed by atoms with E-state index in [1.165, 1.54) is 0 Å². The number of hydrogen-bond acceptors (Lipinski definition) is 5. The fourth-order valence-corrected chi connectivity index (χ4v) is 3.13. The molecule has 0 aliphatic carbocycles. The molecule has 0 atom stereocenters. The zero-order valence-electron chi connectivity index (χ0n) is 17.3. The van der Waals surface area contributed by atoms with Gasteiger partial charge in [0.15, 0.2) is 0 Å². The van der Waals surface area contributed by atoms with Crippen molar-refractivity contribution in [1.82, 2.24) is 5.32 Å². The summed E-state index contributed by atoms with van der Waals surface area (Å²) >= 11 is 0. The Balaban J connectivity index is 1.77. The molecule has 0 heterocycles. The summed E-state index contributed by atoms with van der Waals surface area (Å²) in [5.41, 5.74) is 2.67. The number of benzene rings is 3. The van der Waals surface area contributed by atoms with Crippen LogP contribution in [0.1, 0.15) is 17.2 Å². The third-order valence-electron chi connectivity index (χ3n) is 4.75. The molecule has 0 aliphatic heterocycles. The summed E-state index contributed by atoms with van der Waals surface area (Å²) in [7, 11) is 4.85. The smallest absolute Gasteiger partial charge is 0.240 e. The van der Waals surface area contributed by atoms with Crippen LogP contribution in [-0.2, 0) is 4.79 Å². The molecule has 0 unspecified atom stereocenters. The van der Waals surface area contributed by atoms with E-state index in [4.69, 9.17) is 14.2 Å².